The Labute approximate surface area is 256 Å². The van der Waals surface area contributed by atoms with Crippen LogP contribution in [0.2, 0.25) is 0 Å². The highest BCUT2D eigenvalue weighted by Crippen LogP contribution is 2.35. The van der Waals surface area contributed by atoms with Crippen LogP contribution in [0.25, 0.3) is 0 Å². The maximum Gasteiger partial charge on any atom is 0.407 e. The van der Waals surface area contributed by atoms with Crippen LogP contribution in [0.3, 0.4) is 0 Å². The minimum Gasteiger partial charge on any atom is -0.474 e. The van der Waals surface area contributed by atoms with E-state index in [4.69, 9.17) is 15.2 Å². The predicted molar refractivity (Wildman–Crippen MR) is 160 cm³/mol. The molecular formula is C31H41FN6O6. The van der Waals surface area contributed by atoms with Crippen molar-refractivity contribution in [3.05, 3.63) is 53.0 Å². The number of aromatic nitrogens is 1. The number of benzene rings is 1. The second-order valence-corrected chi connectivity index (χ2v) is 12.6. The number of amides is 3. The molecule has 2 saturated heterocycles. The molecule has 4 heterocycles. The number of carboxylic acid groups (broad SMARTS) is 1. The lowest BCUT2D eigenvalue weighted by Crippen LogP contribution is -2.65. The largest absolute Gasteiger partial charge is 0.474 e. The fraction of sp³-hybridized carbons (Fsp3) is 0.548. The van der Waals surface area contributed by atoms with Gasteiger partial charge in [-0.3, -0.25) is 19.4 Å². The topological polar surface area (TPSA) is 142 Å². The summed E-state index contributed by atoms with van der Waals surface area (Å²) in [5, 5.41) is 9.88. The molecule has 0 saturated carbocycles. The van der Waals surface area contributed by atoms with Gasteiger partial charge in [0.15, 0.2) is 0 Å². The van der Waals surface area contributed by atoms with Gasteiger partial charge in [0.2, 0.25) is 11.8 Å². The number of halogens is 1. The first kappa shape index (κ1) is 31.6. The molecule has 3 amide bonds. The summed E-state index contributed by atoms with van der Waals surface area (Å²) in [4.78, 5) is 50.5. The number of hydrogen-bond donors (Lipinski definition) is 2. The minimum absolute atomic E-state index is 0.0295. The number of fused-ring (bicyclic) bond motifs is 1. The average Bonchev–Trinajstić information content (AvgIpc) is 2.95. The van der Waals surface area contributed by atoms with Crippen molar-refractivity contribution < 1.29 is 33.4 Å². The predicted octanol–water partition coefficient (Wildman–Crippen LogP) is 2.19. The number of anilines is 1. The molecule has 0 spiro atoms. The van der Waals surface area contributed by atoms with E-state index in [9.17, 15) is 23.9 Å². The molecule has 44 heavy (non-hydrogen) atoms. The maximum atomic E-state index is 14.2. The van der Waals surface area contributed by atoms with E-state index in [-0.39, 0.29) is 73.1 Å². The molecule has 0 unspecified atom stereocenters. The minimum atomic E-state index is -0.976. The number of nitrogens with zero attached hydrogens (tertiary/aromatic N) is 5. The smallest absolute Gasteiger partial charge is 0.407 e. The molecule has 5 rings (SSSR count). The van der Waals surface area contributed by atoms with E-state index >= 15 is 0 Å². The van der Waals surface area contributed by atoms with Crippen molar-refractivity contribution in [1.82, 2.24) is 19.7 Å². The Morgan fingerprint density at radius 1 is 1.14 bits per heavy atom. The van der Waals surface area contributed by atoms with Gasteiger partial charge in [0.1, 0.15) is 23.8 Å². The summed E-state index contributed by atoms with van der Waals surface area (Å²) in [5.41, 5.74) is 7.14. The second kappa shape index (κ2) is 12.7. The van der Waals surface area contributed by atoms with Crippen molar-refractivity contribution in [2.24, 2.45) is 5.73 Å². The first-order valence-corrected chi connectivity index (χ1v) is 14.9. The van der Waals surface area contributed by atoms with Crippen LogP contribution < -0.4 is 15.4 Å². The number of rotatable bonds is 7. The van der Waals surface area contributed by atoms with Gasteiger partial charge in [-0.1, -0.05) is 12.1 Å². The van der Waals surface area contributed by atoms with Gasteiger partial charge in [0.05, 0.1) is 25.8 Å². The lowest BCUT2D eigenvalue weighted by molar-refractivity contribution is -0.123. The van der Waals surface area contributed by atoms with E-state index in [1.807, 2.05) is 13.8 Å². The Morgan fingerprint density at radius 2 is 1.86 bits per heavy atom. The molecule has 3 N–H and O–H groups in total. The molecule has 2 aromatic rings. The molecule has 3 atom stereocenters. The first-order valence-electron chi connectivity index (χ1n) is 14.9. The first-order chi connectivity index (χ1) is 20.8. The van der Waals surface area contributed by atoms with Gasteiger partial charge in [-0.25, -0.2) is 14.2 Å². The molecule has 1 aromatic heterocycles. The molecule has 12 nitrogen and oxygen atoms in total. The van der Waals surface area contributed by atoms with Crippen molar-refractivity contribution in [3.63, 3.8) is 0 Å². The highest BCUT2D eigenvalue weighted by molar-refractivity contribution is 5.99. The zero-order chi connectivity index (χ0) is 31.8. The summed E-state index contributed by atoms with van der Waals surface area (Å²) in [6, 6.07) is 6.78. The highest BCUT2D eigenvalue weighted by atomic mass is 19.1. The van der Waals surface area contributed by atoms with Gasteiger partial charge in [-0.05, 0) is 63.4 Å². The summed E-state index contributed by atoms with van der Waals surface area (Å²) < 4.78 is 25.1. The third-order valence-electron chi connectivity index (χ3n) is 8.81. The van der Waals surface area contributed by atoms with Crippen molar-refractivity contribution in [1.29, 1.82) is 0 Å². The lowest BCUT2D eigenvalue weighted by Gasteiger charge is -2.49. The molecular weight excluding hydrogens is 571 g/mol. The standard InChI is InChI=1S/C31H41FN6O6/c1-19-13-35(24(15-37(19)30(41)42)14-36-9-10-43-18-31(36,3)4)16-26(39)38-20(2)17-44-29-25(38)12-22(27(34-29)28(33)40)11-21-5-7-23(32)8-6-21/h5-8,12,19-20,24H,9-11,13-18H2,1-4H3,(H2,33,40)(H,41,42)/t19-,20+,24+/m1/s1. The van der Waals surface area contributed by atoms with E-state index in [0.29, 0.717) is 44.1 Å². The van der Waals surface area contributed by atoms with Crippen LogP contribution in [0, 0.1) is 5.82 Å². The zero-order valence-corrected chi connectivity index (χ0v) is 25.7. The zero-order valence-electron chi connectivity index (χ0n) is 25.7. The Bertz CT molecular complexity index is 1400. The summed E-state index contributed by atoms with van der Waals surface area (Å²) in [6.07, 6.45) is -0.725. The molecule has 2 fully saturated rings. The number of pyridine rings is 1. The number of piperazine rings is 1. The molecule has 13 heteroatoms. The van der Waals surface area contributed by atoms with Gasteiger partial charge in [0, 0.05) is 43.8 Å². The average molecular weight is 613 g/mol. The van der Waals surface area contributed by atoms with Crippen LogP contribution in [0.4, 0.5) is 14.9 Å². The van der Waals surface area contributed by atoms with Gasteiger partial charge in [-0.15, -0.1) is 0 Å². The summed E-state index contributed by atoms with van der Waals surface area (Å²) >= 11 is 0. The second-order valence-electron chi connectivity index (χ2n) is 12.6. The third-order valence-corrected chi connectivity index (χ3v) is 8.81. The summed E-state index contributed by atoms with van der Waals surface area (Å²) in [7, 11) is 0. The number of primary amides is 1. The molecule has 0 radical (unpaired) electrons. The van der Waals surface area contributed by atoms with E-state index < -0.39 is 12.0 Å². The van der Waals surface area contributed by atoms with Gasteiger partial charge in [-0.2, -0.15) is 0 Å². The number of hydrogen-bond acceptors (Lipinski definition) is 8. The van der Waals surface area contributed by atoms with Crippen LogP contribution in [-0.2, 0) is 16.0 Å². The van der Waals surface area contributed by atoms with Gasteiger partial charge < -0.3 is 30.1 Å². The van der Waals surface area contributed by atoms with Crippen LogP contribution in [0.15, 0.2) is 30.3 Å². The number of carbonyl (C=O) groups excluding carboxylic acids is 2. The van der Waals surface area contributed by atoms with Gasteiger partial charge >= 0.3 is 6.09 Å². The molecule has 3 aliphatic heterocycles. The maximum absolute atomic E-state index is 14.2. The molecule has 3 aliphatic rings. The normalized spacial score (nSPS) is 24.0. The van der Waals surface area contributed by atoms with Crippen molar-refractivity contribution >= 4 is 23.6 Å². The van der Waals surface area contributed by atoms with Crippen molar-refractivity contribution in [2.75, 3.05) is 57.4 Å². The Balaban J connectivity index is 1.43. The summed E-state index contributed by atoms with van der Waals surface area (Å²) in [6.45, 7) is 11.3. The van der Waals surface area contributed by atoms with Gasteiger partial charge in [0.25, 0.3) is 5.91 Å². The number of morpholine rings is 1. The Hall–Kier alpha value is -3.81. The van der Waals surface area contributed by atoms with Crippen LogP contribution in [0.5, 0.6) is 5.88 Å². The molecule has 0 aliphatic carbocycles. The quantitative estimate of drug-likeness (QED) is 0.481. The highest BCUT2D eigenvalue weighted by Gasteiger charge is 2.41. The molecule has 0 bridgehead atoms. The van der Waals surface area contributed by atoms with Crippen LogP contribution >= 0.6 is 0 Å². The van der Waals surface area contributed by atoms with Crippen LogP contribution in [0.1, 0.15) is 49.3 Å². The third kappa shape index (κ3) is 6.64. The monoisotopic (exact) mass is 612 g/mol. The Morgan fingerprint density at radius 3 is 2.52 bits per heavy atom. The van der Waals surface area contributed by atoms with Crippen molar-refractivity contribution in [2.45, 2.75) is 57.8 Å². The lowest BCUT2D eigenvalue weighted by atomic mass is 9.99. The van der Waals surface area contributed by atoms with Crippen LogP contribution in [-0.4, -0.2) is 119 Å². The Kier molecular flexibility index (Phi) is 9.10. The van der Waals surface area contributed by atoms with E-state index in [0.717, 1.165) is 5.56 Å². The molecule has 1 aromatic carbocycles. The van der Waals surface area contributed by atoms with E-state index in [2.05, 4.69) is 28.6 Å². The van der Waals surface area contributed by atoms with E-state index in [1.165, 1.54) is 17.0 Å². The SMILES string of the molecule is C[C@@H]1CN(CC(=O)N2c3cc(Cc4ccc(F)cc4)c(C(N)=O)nc3OC[C@@H]2C)[C@@H](CN2CCOCC2(C)C)CN1C(=O)O. The van der Waals surface area contributed by atoms with E-state index in [1.54, 1.807) is 23.1 Å². The number of nitrogens with two attached hydrogens (primary N) is 1. The fourth-order valence-electron chi connectivity index (χ4n) is 6.34. The number of ether oxygens (including phenoxy) is 2. The molecule has 238 valence electrons. The van der Waals surface area contributed by atoms with Crippen molar-refractivity contribution in [3.8, 4) is 5.88 Å². The number of carbonyl (C=O) groups is 3. The fourth-order valence-corrected chi connectivity index (χ4v) is 6.34. The summed E-state index contributed by atoms with van der Waals surface area (Å²) in [5.74, 6) is -1.15.